The molecule has 0 saturated carbocycles. The van der Waals surface area contributed by atoms with Gasteiger partial charge in [0.25, 0.3) is 0 Å². The molecule has 0 aliphatic carbocycles. The molecule has 82 valence electrons. The highest BCUT2D eigenvalue weighted by Gasteiger charge is 2.14. The van der Waals surface area contributed by atoms with E-state index < -0.39 is 11.9 Å². The van der Waals surface area contributed by atoms with E-state index in [-0.39, 0.29) is 12.2 Å². The second kappa shape index (κ2) is 5.24. The van der Waals surface area contributed by atoms with Crippen LogP contribution in [0.5, 0.6) is 0 Å². The lowest BCUT2D eigenvalue weighted by Crippen LogP contribution is -2.21. The van der Waals surface area contributed by atoms with Gasteiger partial charge in [0.15, 0.2) is 5.78 Å². The first-order chi connectivity index (χ1) is 7.04. The van der Waals surface area contributed by atoms with E-state index in [1.807, 2.05) is 0 Å². The summed E-state index contributed by atoms with van der Waals surface area (Å²) in [6.07, 6.45) is -0.523. The number of benzene rings is 1. The Morgan fingerprint density at radius 2 is 2.27 bits per heavy atom. The predicted molar refractivity (Wildman–Crippen MR) is 56.6 cm³/mol. The van der Waals surface area contributed by atoms with Crippen LogP contribution in [0.25, 0.3) is 0 Å². The van der Waals surface area contributed by atoms with Crippen LogP contribution >= 0.6 is 11.6 Å². The Morgan fingerprint density at radius 1 is 1.60 bits per heavy atom. The van der Waals surface area contributed by atoms with Crippen molar-refractivity contribution in [2.75, 3.05) is 7.11 Å². The number of ether oxygens (including phenoxy) is 1. The van der Waals surface area contributed by atoms with E-state index >= 15 is 0 Å². The first kappa shape index (κ1) is 12.1. The molecule has 2 nitrogen and oxygen atoms in total. The fraction of sp³-hybridized carbons (Fsp3) is 0.364. The maximum Gasteiger partial charge on any atom is 0.165 e. The monoisotopic (exact) mass is 230 g/mol. The van der Waals surface area contributed by atoms with Crippen molar-refractivity contribution < 1.29 is 13.9 Å². The minimum Gasteiger partial charge on any atom is -0.374 e. The number of carbonyl (C=O) groups is 1. The van der Waals surface area contributed by atoms with Crippen LogP contribution in [0, 0.1) is 5.82 Å². The quantitative estimate of drug-likeness (QED) is 0.795. The SMILES string of the molecule is COC(C)C(=O)Cc1cc(Cl)ccc1F. The maximum absolute atomic E-state index is 13.2. The number of halogens is 2. The van der Waals surface area contributed by atoms with Crippen molar-refractivity contribution in [2.45, 2.75) is 19.4 Å². The molecule has 0 fully saturated rings. The topological polar surface area (TPSA) is 26.3 Å². The first-order valence-corrected chi connectivity index (χ1v) is 4.92. The number of rotatable bonds is 4. The van der Waals surface area contributed by atoms with E-state index in [9.17, 15) is 9.18 Å². The van der Waals surface area contributed by atoms with Crippen molar-refractivity contribution in [1.29, 1.82) is 0 Å². The Hall–Kier alpha value is -0.930. The first-order valence-electron chi connectivity index (χ1n) is 4.54. The zero-order valence-corrected chi connectivity index (χ0v) is 9.34. The van der Waals surface area contributed by atoms with Crippen molar-refractivity contribution in [2.24, 2.45) is 0 Å². The third-order valence-electron chi connectivity index (χ3n) is 2.18. The van der Waals surface area contributed by atoms with Crippen LogP contribution in [0.15, 0.2) is 18.2 Å². The van der Waals surface area contributed by atoms with Gasteiger partial charge in [-0.25, -0.2) is 4.39 Å². The van der Waals surface area contributed by atoms with Crippen molar-refractivity contribution in [3.63, 3.8) is 0 Å². The Bertz CT molecular complexity index is 366. The molecular formula is C11H12ClFO2. The molecule has 0 radical (unpaired) electrons. The maximum atomic E-state index is 13.2. The number of ketones is 1. The van der Waals surface area contributed by atoms with Crippen LogP contribution in [0.1, 0.15) is 12.5 Å². The summed E-state index contributed by atoms with van der Waals surface area (Å²) in [7, 11) is 1.44. The van der Waals surface area contributed by atoms with Gasteiger partial charge in [-0.1, -0.05) is 11.6 Å². The van der Waals surface area contributed by atoms with E-state index in [0.29, 0.717) is 10.6 Å². The third kappa shape index (κ3) is 3.29. The van der Waals surface area contributed by atoms with E-state index in [1.54, 1.807) is 6.92 Å². The Balaban J connectivity index is 2.80. The molecule has 0 aliphatic heterocycles. The predicted octanol–water partition coefficient (Wildman–Crippen LogP) is 2.63. The lowest BCUT2D eigenvalue weighted by Gasteiger charge is -2.08. The van der Waals surface area contributed by atoms with Gasteiger partial charge in [-0.3, -0.25) is 4.79 Å². The van der Waals surface area contributed by atoms with Gasteiger partial charge in [-0.15, -0.1) is 0 Å². The standard InChI is InChI=1S/C11H12ClFO2/c1-7(15-2)11(14)6-8-5-9(12)3-4-10(8)13/h3-5,7H,6H2,1-2H3. The molecule has 4 heteroatoms. The van der Waals surface area contributed by atoms with Crippen LogP contribution in [-0.4, -0.2) is 19.0 Å². The molecule has 0 spiro atoms. The van der Waals surface area contributed by atoms with Gasteiger partial charge in [-0.2, -0.15) is 0 Å². The van der Waals surface area contributed by atoms with E-state index in [4.69, 9.17) is 16.3 Å². The zero-order valence-electron chi connectivity index (χ0n) is 8.59. The number of Topliss-reactive ketones (excluding diaryl/α,β-unsaturated/α-hetero) is 1. The van der Waals surface area contributed by atoms with Crippen molar-refractivity contribution >= 4 is 17.4 Å². The van der Waals surface area contributed by atoms with Crippen LogP contribution < -0.4 is 0 Å². The summed E-state index contributed by atoms with van der Waals surface area (Å²) in [5.41, 5.74) is 0.302. The third-order valence-corrected chi connectivity index (χ3v) is 2.41. The fourth-order valence-electron chi connectivity index (χ4n) is 1.14. The molecule has 1 aromatic rings. The highest BCUT2D eigenvalue weighted by Crippen LogP contribution is 2.16. The summed E-state index contributed by atoms with van der Waals surface area (Å²) in [5.74, 6) is -0.588. The molecule has 1 unspecified atom stereocenters. The lowest BCUT2D eigenvalue weighted by atomic mass is 10.1. The average molecular weight is 231 g/mol. The molecular weight excluding hydrogens is 219 g/mol. The molecule has 0 amide bonds. The highest BCUT2D eigenvalue weighted by molar-refractivity contribution is 6.30. The van der Waals surface area contributed by atoms with Gasteiger partial charge < -0.3 is 4.74 Å². The normalized spacial score (nSPS) is 12.5. The van der Waals surface area contributed by atoms with E-state index in [2.05, 4.69) is 0 Å². The molecule has 0 N–H and O–H groups in total. The van der Waals surface area contributed by atoms with Crippen LogP contribution in [0.4, 0.5) is 4.39 Å². The highest BCUT2D eigenvalue weighted by atomic mass is 35.5. The second-order valence-electron chi connectivity index (χ2n) is 3.26. The van der Waals surface area contributed by atoms with Crippen molar-refractivity contribution in [3.8, 4) is 0 Å². The molecule has 1 aromatic carbocycles. The molecule has 0 saturated heterocycles. The number of carbonyl (C=O) groups excluding carboxylic acids is 1. The molecule has 15 heavy (non-hydrogen) atoms. The van der Waals surface area contributed by atoms with Gasteiger partial charge in [0, 0.05) is 18.6 Å². The smallest absolute Gasteiger partial charge is 0.165 e. The van der Waals surface area contributed by atoms with E-state index in [0.717, 1.165) is 0 Å². The van der Waals surface area contributed by atoms with Gasteiger partial charge in [0.2, 0.25) is 0 Å². The van der Waals surface area contributed by atoms with Gasteiger partial charge >= 0.3 is 0 Å². The summed E-state index contributed by atoms with van der Waals surface area (Å²) in [6.45, 7) is 1.63. The average Bonchev–Trinajstić information content (AvgIpc) is 2.22. The fourth-order valence-corrected chi connectivity index (χ4v) is 1.34. The van der Waals surface area contributed by atoms with E-state index in [1.165, 1.54) is 25.3 Å². The molecule has 0 bridgehead atoms. The molecule has 1 rings (SSSR count). The summed E-state index contributed by atoms with van der Waals surface area (Å²) in [4.78, 5) is 11.5. The lowest BCUT2D eigenvalue weighted by molar-refractivity contribution is -0.127. The molecule has 0 heterocycles. The minimum absolute atomic E-state index is 0.00139. The van der Waals surface area contributed by atoms with Crippen molar-refractivity contribution in [3.05, 3.63) is 34.6 Å². The van der Waals surface area contributed by atoms with Gasteiger partial charge in [0.1, 0.15) is 11.9 Å². The molecule has 0 aromatic heterocycles. The van der Waals surface area contributed by atoms with Crippen molar-refractivity contribution in [1.82, 2.24) is 0 Å². The summed E-state index contributed by atoms with van der Waals surface area (Å²) < 4.78 is 18.1. The minimum atomic E-state index is -0.525. The summed E-state index contributed by atoms with van der Waals surface area (Å²) in [5, 5.41) is 0.421. The number of hydrogen-bond acceptors (Lipinski definition) is 2. The Kier molecular flexibility index (Phi) is 4.24. The zero-order chi connectivity index (χ0) is 11.4. The van der Waals surface area contributed by atoms with Crippen LogP contribution in [0.3, 0.4) is 0 Å². The van der Waals surface area contributed by atoms with Gasteiger partial charge in [-0.05, 0) is 30.7 Å². The Labute approximate surface area is 93.0 Å². The number of hydrogen-bond donors (Lipinski definition) is 0. The molecule has 0 aliphatic rings. The van der Waals surface area contributed by atoms with Crippen LogP contribution in [0.2, 0.25) is 5.02 Å². The summed E-state index contributed by atoms with van der Waals surface area (Å²) >= 11 is 5.70. The number of methoxy groups -OCH3 is 1. The molecule has 1 atom stereocenters. The largest absolute Gasteiger partial charge is 0.374 e. The van der Waals surface area contributed by atoms with Gasteiger partial charge in [0.05, 0.1) is 0 Å². The Morgan fingerprint density at radius 3 is 2.87 bits per heavy atom. The summed E-state index contributed by atoms with van der Waals surface area (Å²) in [6, 6.07) is 4.16. The van der Waals surface area contributed by atoms with Crippen LogP contribution in [-0.2, 0) is 16.0 Å². The second-order valence-corrected chi connectivity index (χ2v) is 3.69.